The molecule has 0 aliphatic carbocycles. The molecule has 0 heterocycles. The third-order valence-corrected chi connectivity index (χ3v) is 0.904. The quantitative estimate of drug-likeness (QED) is 0.334. The molecule has 0 atom stereocenters. The van der Waals surface area contributed by atoms with Crippen LogP contribution in [-0.4, -0.2) is 24.5 Å². The molecule has 0 fully saturated rings. The number of nitrogens with one attached hydrogen (secondary N) is 1. The average molecular weight is 129 g/mol. The molecule has 0 aromatic heterocycles. The Kier molecular flexibility index (Phi) is 5.06. The molecule has 0 amide bonds. The molecule has 3 heteroatoms. The first-order chi connectivity index (χ1) is 4.31. The van der Waals surface area contributed by atoms with Crippen molar-refractivity contribution in [3.63, 3.8) is 0 Å². The minimum atomic E-state index is 0.182. The van der Waals surface area contributed by atoms with E-state index in [1.54, 1.807) is 0 Å². The molecule has 0 saturated heterocycles. The highest BCUT2D eigenvalue weighted by atomic mass is 16.3. The molecule has 3 nitrogen and oxygen atoms in total. The lowest BCUT2D eigenvalue weighted by Gasteiger charge is -1.89. The van der Waals surface area contributed by atoms with E-state index in [0.29, 0.717) is 6.54 Å². The van der Waals surface area contributed by atoms with E-state index >= 15 is 0 Å². The smallest absolute Gasteiger partial charge is 0.103 e. The maximum atomic E-state index is 8.33. The van der Waals surface area contributed by atoms with Crippen LogP contribution in [0.4, 0.5) is 0 Å². The number of aliphatic hydroxyl groups is 1. The maximum Gasteiger partial charge on any atom is 0.103 e. The van der Waals surface area contributed by atoms with Crippen LogP contribution in [0.3, 0.4) is 0 Å². The molecule has 0 bridgehead atoms. The summed E-state index contributed by atoms with van der Waals surface area (Å²) in [5, 5.41) is 17.0. The number of quaternary nitrogens is 1. The van der Waals surface area contributed by atoms with Crippen molar-refractivity contribution in [2.24, 2.45) is 0 Å². The number of aliphatic hydroxyl groups excluding tert-OH is 1. The van der Waals surface area contributed by atoms with Gasteiger partial charge in [-0.2, -0.15) is 0 Å². The molecule has 0 aromatic carbocycles. The Morgan fingerprint density at radius 2 is 2.44 bits per heavy atom. The lowest BCUT2D eigenvalue weighted by molar-refractivity contribution is -0.589. The lowest BCUT2D eigenvalue weighted by Crippen LogP contribution is -2.79. The standard InChI is InChI=1S/C6H12N2O/c1-6(4-7)5-8-2-3-9/h4-5,7-9H,2-3H2,1H3/p+1/b6-5-,7-4?. The third-order valence-electron chi connectivity index (χ3n) is 0.904. The van der Waals surface area contributed by atoms with E-state index in [-0.39, 0.29) is 6.61 Å². The fourth-order valence-corrected chi connectivity index (χ4v) is 0.392. The van der Waals surface area contributed by atoms with E-state index in [2.05, 4.69) is 0 Å². The highest BCUT2D eigenvalue weighted by Gasteiger charge is 1.83. The van der Waals surface area contributed by atoms with Crippen molar-refractivity contribution in [2.75, 3.05) is 13.2 Å². The Labute approximate surface area is 54.9 Å². The van der Waals surface area contributed by atoms with Crippen LogP contribution in [0.5, 0.6) is 0 Å². The summed E-state index contributed by atoms with van der Waals surface area (Å²) < 4.78 is 0. The second-order valence-electron chi connectivity index (χ2n) is 1.80. The first-order valence-electron chi connectivity index (χ1n) is 2.92. The zero-order valence-electron chi connectivity index (χ0n) is 5.59. The Bertz CT molecular complexity index is 110. The summed E-state index contributed by atoms with van der Waals surface area (Å²) in [4.78, 5) is 0. The van der Waals surface area contributed by atoms with Crippen molar-refractivity contribution < 1.29 is 10.4 Å². The van der Waals surface area contributed by atoms with Gasteiger partial charge in [-0.1, -0.05) is 0 Å². The minimum Gasteiger partial charge on any atom is -0.391 e. The first kappa shape index (κ1) is 8.33. The van der Waals surface area contributed by atoms with Crippen molar-refractivity contribution in [3.8, 4) is 0 Å². The number of rotatable bonds is 4. The summed E-state index contributed by atoms with van der Waals surface area (Å²) in [6.45, 7) is 2.70. The van der Waals surface area contributed by atoms with E-state index in [0.717, 1.165) is 5.57 Å². The summed E-state index contributed by atoms with van der Waals surface area (Å²) in [7, 11) is 0. The monoisotopic (exact) mass is 129 g/mol. The van der Waals surface area contributed by atoms with Gasteiger partial charge in [0, 0.05) is 11.8 Å². The van der Waals surface area contributed by atoms with Crippen LogP contribution >= 0.6 is 0 Å². The lowest BCUT2D eigenvalue weighted by atomic mass is 10.4. The van der Waals surface area contributed by atoms with Crippen molar-refractivity contribution in [3.05, 3.63) is 11.8 Å². The Hall–Kier alpha value is -0.670. The summed E-state index contributed by atoms with van der Waals surface area (Å²) in [5.74, 6) is 0. The molecule has 52 valence electrons. The Balaban J connectivity index is 3.31. The predicted octanol–water partition coefficient (Wildman–Crippen LogP) is -0.905. The summed E-state index contributed by atoms with van der Waals surface area (Å²) in [5.41, 5.74) is 0.906. The normalized spacial score (nSPS) is 11.6. The molecule has 4 N–H and O–H groups in total. The molecule has 0 rings (SSSR count). The van der Waals surface area contributed by atoms with Gasteiger partial charge < -0.3 is 15.8 Å². The number of hydrogen-bond donors (Lipinski definition) is 3. The van der Waals surface area contributed by atoms with Gasteiger partial charge in [0.25, 0.3) is 0 Å². The second-order valence-corrected chi connectivity index (χ2v) is 1.80. The number of hydrogen-bond acceptors (Lipinski definition) is 2. The van der Waals surface area contributed by atoms with Crippen LogP contribution in [0.1, 0.15) is 6.92 Å². The van der Waals surface area contributed by atoms with E-state index in [4.69, 9.17) is 10.5 Å². The summed E-state index contributed by atoms with van der Waals surface area (Å²) in [6, 6.07) is 0. The molecule has 0 aromatic rings. The van der Waals surface area contributed by atoms with Gasteiger partial charge in [0.05, 0.1) is 12.8 Å². The minimum absolute atomic E-state index is 0.182. The summed E-state index contributed by atoms with van der Waals surface area (Å²) >= 11 is 0. The maximum absolute atomic E-state index is 8.33. The molecule has 0 radical (unpaired) electrons. The van der Waals surface area contributed by atoms with Gasteiger partial charge in [0.1, 0.15) is 6.54 Å². The van der Waals surface area contributed by atoms with Crippen LogP contribution in [0.25, 0.3) is 0 Å². The molecule has 0 aliphatic rings. The fourth-order valence-electron chi connectivity index (χ4n) is 0.392. The van der Waals surface area contributed by atoms with E-state index in [9.17, 15) is 0 Å². The number of nitrogens with two attached hydrogens (primary N) is 1. The van der Waals surface area contributed by atoms with E-state index in [1.807, 2.05) is 18.4 Å². The van der Waals surface area contributed by atoms with Crippen molar-refractivity contribution >= 4 is 6.21 Å². The van der Waals surface area contributed by atoms with Gasteiger partial charge in [-0.3, -0.25) is 0 Å². The van der Waals surface area contributed by atoms with Gasteiger partial charge in [0.2, 0.25) is 0 Å². The van der Waals surface area contributed by atoms with Crippen LogP contribution in [-0.2, 0) is 0 Å². The summed E-state index contributed by atoms with van der Waals surface area (Å²) in [6.07, 6.45) is 3.11. The molecule has 0 aliphatic heterocycles. The predicted molar refractivity (Wildman–Crippen MR) is 36.4 cm³/mol. The Morgan fingerprint density at radius 1 is 1.78 bits per heavy atom. The van der Waals surface area contributed by atoms with E-state index in [1.165, 1.54) is 6.21 Å². The second kappa shape index (κ2) is 5.47. The molecule has 9 heavy (non-hydrogen) atoms. The van der Waals surface area contributed by atoms with Gasteiger partial charge in [-0.15, -0.1) is 0 Å². The van der Waals surface area contributed by atoms with Crippen molar-refractivity contribution in [1.82, 2.24) is 0 Å². The molecular weight excluding hydrogens is 116 g/mol. The van der Waals surface area contributed by atoms with Gasteiger partial charge in [-0.05, 0) is 6.92 Å². The topological polar surface area (TPSA) is 60.7 Å². The largest absolute Gasteiger partial charge is 0.391 e. The average Bonchev–Trinajstić information content (AvgIpc) is 1.89. The third kappa shape index (κ3) is 5.20. The highest BCUT2D eigenvalue weighted by Crippen LogP contribution is 1.76. The number of allylic oxidation sites excluding steroid dienone is 1. The SMILES string of the molecule is C/C(C=N)=C/[NH2+]CCO. The van der Waals surface area contributed by atoms with Crippen molar-refractivity contribution in [2.45, 2.75) is 6.92 Å². The van der Waals surface area contributed by atoms with Gasteiger partial charge >= 0.3 is 0 Å². The van der Waals surface area contributed by atoms with Crippen LogP contribution < -0.4 is 5.32 Å². The highest BCUT2D eigenvalue weighted by molar-refractivity contribution is 5.73. The molecule has 0 spiro atoms. The fraction of sp³-hybridized carbons (Fsp3) is 0.500. The zero-order chi connectivity index (χ0) is 7.11. The van der Waals surface area contributed by atoms with Gasteiger partial charge in [0.15, 0.2) is 0 Å². The van der Waals surface area contributed by atoms with Gasteiger partial charge in [-0.25, -0.2) is 0 Å². The van der Waals surface area contributed by atoms with Crippen LogP contribution in [0.2, 0.25) is 0 Å². The van der Waals surface area contributed by atoms with Crippen LogP contribution in [0, 0.1) is 5.41 Å². The Morgan fingerprint density at radius 3 is 2.89 bits per heavy atom. The molecule has 0 unspecified atom stereocenters. The van der Waals surface area contributed by atoms with Crippen LogP contribution in [0.15, 0.2) is 11.8 Å². The zero-order valence-corrected chi connectivity index (χ0v) is 5.59. The molecular formula is C6H13N2O+. The van der Waals surface area contributed by atoms with Crippen molar-refractivity contribution in [1.29, 1.82) is 5.41 Å². The van der Waals surface area contributed by atoms with E-state index < -0.39 is 0 Å². The molecule has 0 saturated carbocycles. The first-order valence-corrected chi connectivity index (χ1v) is 2.92.